The van der Waals surface area contributed by atoms with Crippen molar-refractivity contribution in [2.75, 3.05) is 11.9 Å². The zero-order chi connectivity index (χ0) is 17.7. The van der Waals surface area contributed by atoms with Gasteiger partial charge in [-0.15, -0.1) is 0 Å². The molecule has 24 heavy (non-hydrogen) atoms. The predicted molar refractivity (Wildman–Crippen MR) is 95.0 cm³/mol. The van der Waals surface area contributed by atoms with E-state index < -0.39 is 12.7 Å². The highest BCUT2D eigenvalue weighted by Gasteiger charge is 2.32. The van der Waals surface area contributed by atoms with Gasteiger partial charge in [-0.1, -0.05) is 48.5 Å². The Bertz CT molecular complexity index is 679. The molecule has 0 saturated carbocycles. The summed E-state index contributed by atoms with van der Waals surface area (Å²) in [5.74, 6) is 0. The summed E-state index contributed by atoms with van der Waals surface area (Å²) in [6.45, 7) is 2.78. The molecule has 1 N–H and O–H groups in total. The molecule has 0 unspecified atom stereocenters. The van der Waals surface area contributed by atoms with Gasteiger partial charge in [-0.05, 0) is 42.8 Å². The molecule has 0 amide bonds. The van der Waals surface area contributed by atoms with Crippen LogP contribution in [0, 0.1) is 13.8 Å². The number of halogens is 3. The fourth-order valence-corrected chi connectivity index (χ4v) is 2.65. The summed E-state index contributed by atoms with van der Waals surface area (Å²) < 4.78 is 38.8. The van der Waals surface area contributed by atoms with Crippen LogP contribution in [-0.4, -0.2) is 22.7 Å². The van der Waals surface area contributed by atoms with Gasteiger partial charge in [0, 0.05) is 12.2 Å². The van der Waals surface area contributed by atoms with Crippen molar-refractivity contribution in [1.82, 2.24) is 4.90 Å². The van der Waals surface area contributed by atoms with Crippen LogP contribution in [0.25, 0.3) is 0 Å². The number of para-hydroxylation sites is 1. The Morgan fingerprint density at radius 1 is 1.00 bits per heavy atom. The van der Waals surface area contributed by atoms with Gasteiger partial charge >= 0.3 is 6.18 Å². The first-order valence-corrected chi connectivity index (χ1v) is 7.90. The van der Waals surface area contributed by atoms with Crippen molar-refractivity contribution in [2.24, 2.45) is 0 Å². The van der Waals surface area contributed by atoms with Crippen molar-refractivity contribution in [3.63, 3.8) is 0 Å². The van der Waals surface area contributed by atoms with Gasteiger partial charge in [0.2, 0.25) is 0 Å². The monoisotopic (exact) mass is 352 g/mol. The van der Waals surface area contributed by atoms with Crippen LogP contribution in [0.5, 0.6) is 0 Å². The molecule has 2 nitrogen and oxygen atoms in total. The lowest BCUT2D eigenvalue weighted by Crippen LogP contribution is -2.41. The van der Waals surface area contributed by atoms with Gasteiger partial charge in [0.15, 0.2) is 5.11 Å². The van der Waals surface area contributed by atoms with Gasteiger partial charge in [0.25, 0.3) is 0 Å². The molecule has 2 aromatic rings. The highest BCUT2D eigenvalue weighted by atomic mass is 32.1. The summed E-state index contributed by atoms with van der Waals surface area (Å²) in [7, 11) is 0. The molecule has 128 valence electrons. The fourth-order valence-electron chi connectivity index (χ4n) is 2.42. The lowest BCUT2D eigenvalue weighted by molar-refractivity contribution is -0.138. The Morgan fingerprint density at radius 3 is 2.12 bits per heavy atom. The highest BCUT2D eigenvalue weighted by Crippen LogP contribution is 2.23. The maximum absolute atomic E-state index is 12.9. The smallest absolute Gasteiger partial charge is 0.336 e. The van der Waals surface area contributed by atoms with E-state index in [0.29, 0.717) is 0 Å². The van der Waals surface area contributed by atoms with E-state index in [1.165, 1.54) is 0 Å². The van der Waals surface area contributed by atoms with Crippen molar-refractivity contribution in [2.45, 2.75) is 26.6 Å². The first-order chi connectivity index (χ1) is 11.3. The minimum atomic E-state index is -4.33. The SMILES string of the molecule is Cc1cccc(C)c1NC(=S)N(Cc1ccccc1)CC(F)(F)F. The van der Waals surface area contributed by atoms with Crippen LogP contribution in [0.4, 0.5) is 18.9 Å². The van der Waals surface area contributed by atoms with Crippen LogP contribution in [0.1, 0.15) is 16.7 Å². The topological polar surface area (TPSA) is 15.3 Å². The second-order valence-corrected chi connectivity index (χ2v) is 6.04. The molecule has 0 saturated heterocycles. The van der Waals surface area contributed by atoms with Crippen molar-refractivity contribution in [3.8, 4) is 0 Å². The average Bonchev–Trinajstić information content (AvgIpc) is 2.50. The number of rotatable bonds is 4. The molecule has 0 aliphatic carbocycles. The van der Waals surface area contributed by atoms with Gasteiger partial charge in [0.1, 0.15) is 6.54 Å². The Labute approximate surface area is 145 Å². The highest BCUT2D eigenvalue weighted by molar-refractivity contribution is 7.80. The molecular weight excluding hydrogens is 333 g/mol. The van der Waals surface area contributed by atoms with Crippen LogP contribution in [0.3, 0.4) is 0 Å². The van der Waals surface area contributed by atoms with E-state index >= 15 is 0 Å². The van der Waals surface area contributed by atoms with Crippen molar-refractivity contribution in [1.29, 1.82) is 0 Å². The minimum Gasteiger partial charge on any atom is -0.336 e. The average molecular weight is 352 g/mol. The van der Waals surface area contributed by atoms with Gasteiger partial charge in [-0.3, -0.25) is 0 Å². The molecule has 0 heterocycles. The normalized spacial score (nSPS) is 11.2. The molecular formula is C18H19F3N2S. The predicted octanol–water partition coefficient (Wildman–Crippen LogP) is 5.06. The zero-order valence-corrected chi connectivity index (χ0v) is 14.3. The molecule has 0 aromatic heterocycles. The van der Waals surface area contributed by atoms with E-state index in [4.69, 9.17) is 12.2 Å². The third-order valence-corrected chi connectivity index (χ3v) is 3.95. The van der Waals surface area contributed by atoms with Gasteiger partial charge in [0.05, 0.1) is 0 Å². The summed E-state index contributed by atoms with van der Waals surface area (Å²) in [6, 6.07) is 14.7. The molecule has 0 aliphatic rings. The minimum absolute atomic E-state index is 0.0635. The molecule has 2 aromatic carbocycles. The quantitative estimate of drug-likeness (QED) is 0.774. The maximum atomic E-state index is 12.9. The van der Waals surface area contributed by atoms with Crippen LogP contribution in [-0.2, 0) is 6.54 Å². The van der Waals surface area contributed by atoms with Crippen molar-refractivity contribution >= 4 is 23.0 Å². The van der Waals surface area contributed by atoms with Crippen LogP contribution in [0.2, 0.25) is 0 Å². The van der Waals surface area contributed by atoms with E-state index in [9.17, 15) is 13.2 Å². The molecule has 6 heteroatoms. The molecule has 0 radical (unpaired) electrons. The van der Waals surface area contributed by atoms with Crippen molar-refractivity contribution in [3.05, 3.63) is 65.2 Å². The van der Waals surface area contributed by atoms with Gasteiger partial charge in [-0.2, -0.15) is 13.2 Å². The van der Waals surface area contributed by atoms with E-state index in [-0.39, 0.29) is 11.7 Å². The maximum Gasteiger partial charge on any atom is 0.406 e. The molecule has 0 bridgehead atoms. The Morgan fingerprint density at radius 2 is 1.58 bits per heavy atom. The second-order valence-electron chi connectivity index (χ2n) is 5.65. The molecule has 0 spiro atoms. The summed E-state index contributed by atoms with van der Waals surface area (Å²) >= 11 is 5.26. The number of benzene rings is 2. The third kappa shape index (κ3) is 5.23. The number of thiocarbonyl (C=S) groups is 1. The Balaban J connectivity index is 2.21. The van der Waals surface area contributed by atoms with Crippen LogP contribution < -0.4 is 5.32 Å². The summed E-state index contributed by atoms with van der Waals surface area (Å²) in [4.78, 5) is 1.14. The number of nitrogens with one attached hydrogen (secondary N) is 1. The van der Waals surface area contributed by atoms with E-state index in [2.05, 4.69) is 5.32 Å². The number of anilines is 1. The zero-order valence-electron chi connectivity index (χ0n) is 13.5. The Hall–Kier alpha value is -2.08. The van der Waals surface area contributed by atoms with E-state index in [1.54, 1.807) is 24.3 Å². The first kappa shape index (κ1) is 18.3. The number of alkyl halides is 3. The number of aryl methyl sites for hydroxylation is 2. The molecule has 2 rings (SSSR count). The summed E-state index contributed by atoms with van der Waals surface area (Å²) in [6.07, 6.45) is -4.33. The summed E-state index contributed by atoms with van der Waals surface area (Å²) in [5, 5.41) is 3.04. The van der Waals surface area contributed by atoms with Crippen LogP contribution in [0.15, 0.2) is 48.5 Å². The number of hydrogen-bond donors (Lipinski definition) is 1. The lowest BCUT2D eigenvalue weighted by Gasteiger charge is -2.28. The van der Waals surface area contributed by atoms with Crippen molar-refractivity contribution < 1.29 is 13.2 Å². The molecule has 0 fully saturated rings. The van der Waals surface area contributed by atoms with E-state index in [1.807, 2.05) is 38.1 Å². The van der Waals surface area contributed by atoms with E-state index in [0.717, 1.165) is 27.3 Å². The van der Waals surface area contributed by atoms with Crippen LogP contribution >= 0.6 is 12.2 Å². The first-order valence-electron chi connectivity index (χ1n) is 7.49. The molecule has 0 aliphatic heterocycles. The molecule has 0 atom stereocenters. The number of hydrogen-bond acceptors (Lipinski definition) is 1. The second kappa shape index (κ2) is 7.66. The lowest BCUT2D eigenvalue weighted by atomic mass is 10.1. The summed E-state index contributed by atoms with van der Waals surface area (Å²) in [5.41, 5.74) is 3.39. The number of nitrogens with zero attached hydrogens (tertiary/aromatic N) is 1. The largest absolute Gasteiger partial charge is 0.406 e. The fraction of sp³-hybridized carbons (Fsp3) is 0.278. The van der Waals surface area contributed by atoms with Gasteiger partial charge < -0.3 is 10.2 Å². The Kier molecular flexibility index (Phi) is 5.83. The third-order valence-electron chi connectivity index (χ3n) is 3.59. The standard InChI is InChI=1S/C18H19F3N2S/c1-13-7-6-8-14(2)16(13)22-17(24)23(12-18(19,20)21)11-15-9-4-3-5-10-15/h3-10H,11-12H2,1-2H3,(H,22,24). The van der Waals surface area contributed by atoms with Gasteiger partial charge in [-0.25, -0.2) is 0 Å².